The lowest BCUT2D eigenvalue weighted by molar-refractivity contribution is 0.300. The number of hydrogen-bond acceptors (Lipinski definition) is 4. The van der Waals surface area contributed by atoms with Crippen LogP contribution < -0.4 is 5.32 Å². The normalized spacial score (nSPS) is 21.4. The highest BCUT2D eigenvalue weighted by Crippen LogP contribution is 2.26. The molecule has 1 aliphatic rings. The Morgan fingerprint density at radius 1 is 1.50 bits per heavy atom. The van der Waals surface area contributed by atoms with E-state index < -0.39 is 10.0 Å². The summed E-state index contributed by atoms with van der Waals surface area (Å²) in [4.78, 5) is 1.11. The highest BCUT2D eigenvalue weighted by molar-refractivity contribution is 7.91. The first-order chi connectivity index (χ1) is 8.55. The van der Waals surface area contributed by atoms with Crippen LogP contribution in [0.25, 0.3) is 0 Å². The number of aryl methyl sites for hydroxylation is 1. The fourth-order valence-corrected chi connectivity index (χ4v) is 5.04. The number of rotatable bonds is 4. The Hall–Kier alpha value is -0.430. The van der Waals surface area contributed by atoms with Crippen LogP contribution in [0.15, 0.2) is 16.3 Å². The third kappa shape index (κ3) is 2.77. The lowest BCUT2D eigenvalue weighted by Crippen LogP contribution is -2.46. The van der Waals surface area contributed by atoms with Gasteiger partial charge < -0.3 is 5.32 Å². The molecule has 1 fully saturated rings. The summed E-state index contributed by atoms with van der Waals surface area (Å²) in [5, 5.41) is 3.25. The molecule has 1 saturated heterocycles. The van der Waals surface area contributed by atoms with Crippen molar-refractivity contribution in [1.82, 2.24) is 9.62 Å². The number of piperidine rings is 1. The maximum Gasteiger partial charge on any atom is 0.252 e. The topological polar surface area (TPSA) is 49.4 Å². The third-order valence-electron chi connectivity index (χ3n) is 3.40. The van der Waals surface area contributed by atoms with Crippen LogP contribution in [0.4, 0.5) is 0 Å². The molecule has 2 heterocycles. The van der Waals surface area contributed by atoms with Crippen LogP contribution in [0.3, 0.4) is 0 Å². The minimum Gasteiger partial charge on any atom is -0.315 e. The molecule has 1 unspecified atom stereocenters. The summed E-state index contributed by atoms with van der Waals surface area (Å²) >= 11 is 1.38. The number of thiophene rings is 1. The predicted molar refractivity (Wildman–Crippen MR) is 74.5 cm³/mol. The zero-order valence-electron chi connectivity index (χ0n) is 10.8. The fourth-order valence-electron chi connectivity index (χ4n) is 2.17. The molecule has 0 bridgehead atoms. The van der Waals surface area contributed by atoms with E-state index in [2.05, 4.69) is 5.32 Å². The van der Waals surface area contributed by atoms with E-state index in [0.29, 0.717) is 4.21 Å². The van der Waals surface area contributed by atoms with Crippen molar-refractivity contribution in [1.29, 1.82) is 0 Å². The molecular weight excluding hydrogens is 268 g/mol. The lowest BCUT2D eigenvalue weighted by atomic mass is 10.1. The first-order valence-corrected chi connectivity index (χ1v) is 8.59. The first-order valence-electron chi connectivity index (χ1n) is 6.33. The monoisotopic (exact) mass is 288 g/mol. The minimum atomic E-state index is -3.32. The summed E-state index contributed by atoms with van der Waals surface area (Å²) in [6, 6.07) is 3.71. The van der Waals surface area contributed by atoms with Gasteiger partial charge in [-0.1, -0.05) is 6.92 Å². The summed E-state index contributed by atoms with van der Waals surface area (Å²) < 4.78 is 26.9. The Labute approximate surface area is 113 Å². The van der Waals surface area contributed by atoms with E-state index in [-0.39, 0.29) is 6.04 Å². The molecule has 0 radical (unpaired) electrons. The lowest BCUT2D eigenvalue weighted by Gasteiger charge is -2.30. The number of nitrogens with one attached hydrogen (secondary N) is 1. The average Bonchev–Trinajstić information content (AvgIpc) is 2.88. The van der Waals surface area contributed by atoms with Gasteiger partial charge in [0.05, 0.1) is 0 Å². The van der Waals surface area contributed by atoms with E-state index in [1.54, 1.807) is 13.1 Å². The first kappa shape index (κ1) is 14.0. The molecule has 4 nitrogen and oxygen atoms in total. The van der Waals surface area contributed by atoms with Crippen molar-refractivity contribution in [2.75, 3.05) is 20.1 Å². The largest absolute Gasteiger partial charge is 0.315 e. The van der Waals surface area contributed by atoms with Gasteiger partial charge in [-0.05, 0) is 37.9 Å². The van der Waals surface area contributed by atoms with Crippen molar-refractivity contribution in [2.45, 2.75) is 36.4 Å². The molecule has 0 saturated carbocycles. The van der Waals surface area contributed by atoms with Crippen molar-refractivity contribution in [2.24, 2.45) is 0 Å². The van der Waals surface area contributed by atoms with Gasteiger partial charge in [0, 0.05) is 24.5 Å². The Morgan fingerprint density at radius 2 is 2.28 bits per heavy atom. The molecule has 1 aromatic rings. The van der Waals surface area contributed by atoms with E-state index in [1.807, 2.05) is 13.0 Å². The van der Waals surface area contributed by atoms with Crippen LogP contribution in [0.5, 0.6) is 0 Å². The smallest absolute Gasteiger partial charge is 0.252 e. The van der Waals surface area contributed by atoms with Crippen LogP contribution >= 0.6 is 11.3 Å². The second-order valence-electron chi connectivity index (χ2n) is 4.60. The zero-order chi connectivity index (χ0) is 13.2. The fraction of sp³-hybridized carbons (Fsp3) is 0.667. The minimum absolute atomic E-state index is 0.0796. The van der Waals surface area contributed by atoms with Crippen LogP contribution in [-0.4, -0.2) is 38.9 Å². The van der Waals surface area contributed by atoms with Crippen LogP contribution in [0.2, 0.25) is 0 Å². The predicted octanol–water partition coefficient (Wildman–Crippen LogP) is 1.68. The molecule has 0 spiro atoms. The number of hydrogen-bond donors (Lipinski definition) is 1. The second kappa shape index (κ2) is 5.69. The van der Waals surface area contributed by atoms with E-state index in [9.17, 15) is 8.42 Å². The Morgan fingerprint density at radius 3 is 2.83 bits per heavy atom. The molecule has 2 rings (SSSR count). The van der Waals surface area contributed by atoms with Gasteiger partial charge in [-0.3, -0.25) is 0 Å². The highest BCUT2D eigenvalue weighted by atomic mass is 32.2. The van der Waals surface area contributed by atoms with Crippen molar-refractivity contribution in [3.8, 4) is 0 Å². The quantitative estimate of drug-likeness (QED) is 0.917. The van der Waals surface area contributed by atoms with Gasteiger partial charge in [0.1, 0.15) is 4.21 Å². The zero-order valence-corrected chi connectivity index (χ0v) is 12.5. The molecule has 18 heavy (non-hydrogen) atoms. The SMILES string of the molecule is CCc1ccc(S(=O)(=O)N(C)C2CCCNC2)s1. The van der Waals surface area contributed by atoms with Gasteiger partial charge in [0.25, 0.3) is 10.0 Å². The Balaban J connectivity index is 2.18. The number of likely N-dealkylation sites (N-methyl/N-ethyl adjacent to an activating group) is 1. The van der Waals surface area contributed by atoms with Gasteiger partial charge in [-0.25, -0.2) is 8.42 Å². The summed E-state index contributed by atoms with van der Waals surface area (Å²) in [7, 11) is -1.62. The molecule has 1 atom stereocenters. The van der Waals surface area contributed by atoms with Gasteiger partial charge >= 0.3 is 0 Å². The molecule has 0 aliphatic carbocycles. The molecular formula is C12H20N2O2S2. The Kier molecular flexibility index (Phi) is 4.42. The van der Waals surface area contributed by atoms with E-state index in [4.69, 9.17) is 0 Å². The molecule has 6 heteroatoms. The molecule has 1 N–H and O–H groups in total. The molecule has 0 aromatic carbocycles. The van der Waals surface area contributed by atoms with Gasteiger partial charge in [-0.2, -0.15) is 4.31 Å². The number of nitrogens with zero attached hydrogens (tertiary/aromatic N) is 1. The summed E-state index contributed by atoms with van der Waals surface area (Å²) in [5.74, 6) is 0. The van der Waals surface area contributed by atoms with Gasteiger partial charge in [0.15, 0.2) is 0 Å². The highest BCUT2D eigenvalue weighted by Gasteiger charge is 2.29. The van der Waals surface area contributed by atoms with Gasteiger partial charge in [0.2, 0.25) is 0 Å². The van der Waals surface area contributed by atoms with E-state index in [0.717, 1.165) is 37.2 Å². The van der Waals surface area contributed by atoms with Crippen molar-refractivity contribution in [3.63, 3.8) is 0 Å². The van der Waals surface area contributed by atoms with Gasteiger partial charge in [-0.15, -0.1) is 11.3 Å². The molecule has 102 valence electrons. The van der Waals surface area contributed by atoms with Crippen molar-refractivity contribution in [3.05, 3.63) is 17.0 Å². The standard InChI is InChI=1S/C12H20N2O2S2/c1-3-11-6-7-12(17-11)18(15,16)14(2)10-5-4-8-13-9-10/h6-7,10,13H,3-5,8-9H2,1-2H3. The van der Waals surface area contributed by atoms with Crippen LogP contribution in [-0.2, 0) is 16.4 Å². The summed E-state index contributed by atoms with van der Waals surface area (Å²) in [5.41, 5.74) is 0. The maximum absolute atomic E-state index is 12.5. The number of sulfonamides is 1. The maximum atomic E-state index is 12.5. The van der Waals surface area contributed by atoms with E-state index in [1.165, 1.54) is 15.6 Å². The van der Waals surface area contributed by atoms with Crippen LogP contribution in [0, 0.1) is 0 Å². The molecule has 1 aromatic heterocycles. The summed E-state index contributed by atoms with van der Waals surface area (Å²) in [6.07, 6.45) is 2.86. The van der Waals surface area contributed by atoms with Crippen molar-refractivity contribution >= 4 is 21.4 Å². The average molecular weight is 288 g/mol. The van der Waals surface area contributed by atoms with E-state index >= 15 is 0 Å². The molecule has 1 aliphatic heterocycles. The van der Waals surface area contributed by atoms with Crippen LogP contribution in [0.1, 0.15) is 24.6 Å². The third-order valence-corrected chi connectivity index (χ3v) is 7.01. The molecule has 0 amide bonds. The second-order valence-corrected chi connectivity index (χ2v) is 7.99. The van der Waals surface area contributed by atoms with Crippen molar-refractivity contribution < 1.29 is 8.42 Å². The summed E-state index contributed by atoms with van der Waals surface area (Å²) in [6.45, 7) is 3.78. The Bertz CT molecular complexity index is 490.